The van der Waals surface area contributed by atoms with Crippen LogP contribution < -0.4 is 11.1 Å². The minimum absolute atomic E-state index is 0.189. The molecule has 0 radical (unpaired) electrons. The monoisotopic (exact) mass is 334 g/mol. The molecule has 0 fully saturated rings. The van der Waals surface area contributed by atoms with Crippen molar-refractivity contribution in [1.82, 2.24) is 0 Å². The van der Waals surface area contributed by atoms with Gasteiger partial charge in [-0.1, -0.05) is 6.07 Å². The average molecular weight is 335 g/mol. The number of carbonyl (C=O) groups is 1. The maximum atomic E-state index is 12.3. The number of anilines is 2. The Morgan fingerprint density at radius 1 is 1.25 bits per heavy atom. The van der Waals surface area contributed by atoms with Crippen LogP contribution in [0, 0.1) is 13.8 Å². The van der Waals surface area contributed by atoms with E-state index in [1.54, 1.807) is 37.3 Å². The topological polar surface area (TPSA) is 75.4 Å². The summed E-state index contributed by atoms with van der Waals surface area (Å²) in [6.07, 6.45) is 0. The number of phenolic OH excluding ortho intramolecular Hbond substituents is 1. The van der Waals surface area contributed by atoms with E-state index >= 15 is 0 Å². The molecule has 0 atom stereocenters. The number of nitrogens with two attached hydrogens (primary N) is 1. The van der Waals surface area contributed by atoms with Crippen LogP contribution in [0.2, 0.25) is 0 Å². The lowest BCUT2D eigenvalue weighted by Crippen LogP contribution is -2.14. The normalized spacial score (nSPS) is 10.3. The number of halogens is 1. The largest absolute Gasteiger partial charge is 0.507 e. The van der Waals surface area contributed by atoms with Crippen molar-refractivity contribution in [3.63, 3.8) is 0 Å². The highest BCUT2D eigenvalue weighted by Gasteiger charge is 2.13. The quantitative estimate of drug-likeness (QED) is 0.734. The molecule has 104 valence electrons. The molecule has 0 aliphatic carbocycles. The molecule has 20 heavy (non-hydrogen) atoms. The number of hydrogen-bond donors (Lipinski definition) is 3. The van der Waals surface area contributed by atoms with Gasteiger partial charge in [0.2, 0.25) is 0 Å². The zero-order valence-electron chi connectivity index (χ0n) is 11.2. The summed E-state index contributed by atoms with van der Waals surface area (Å²) in [5.74, 6) is -0.0926. The van der Waals surface area contributed by atoms with Crippen molar-refractivity contribution in [2.45, 2.75) is 13.8 Å². The fourth-order valence-electron chi connectivity index (χ4n) is 1.88. The highest BCUT2D eigenvalue weighted by molar-refractivity contribution is 9.10. The molecule has 0 unspecified atom stereocenters. The molecular weight excluding hydrogens is 320 g/mol. The van der Waals surface area contributed by atoms with Crippen LogP contribution >= 0.6 is 15.9 Å². The number of hydrogen-bond acceptors (Lipinski definition) is 3. The number of phenols is 1. The lowest BCUT2D eigenvalue weighted by Gasteiger charge is -2.12. The fourth-order valence-corrected chi connectivity index (χ4v) is 2.30. The smallest absolute Gasteiger partial charge is 0.256 e. The summed E-state index contributed by atoms with van der Waals surface area (Å²) in [6, 6.07) is 8.56. The van der Waals surface area contributed by atoms with Gasteiger partial charge in [-0.15, -0.1) is 0 Å². The first kappa shape index (κ1) is 14.4. The van der Waals surface area contributed by atoms with Crippen LogP contribution in [-0.2, 0) is 0 Å². The Kier molecular flexibility index (Phi) is 3.99. The van der Waals surface area contributed by atoms with Gasteiger partial charge in [0.15, 0.2) is 0 Å². The SMILES string of the molecule is Cc1ccc(NC(=O)c2cc(N)ccc2Br)c(C)c1O. The van der Waals surface area contributed by atoms with Crippen LogP contribution in [0.3, 0.4) is 0 Å². The second kappa shape index (κ2) is 5.54. The van der Waals surface area contributed by atoms with E-state index in [9.17, 15) is 9.90 Å². The van der Waals surface area contributed by atoms with E-state index in [1.807, 2.05) is 6.92 Å². The summed E-state index contributed by atoms with van der Waals surface area (Å²) < 4.78 is 0.665. The minimum Gasteiger partial charge on any atom is -0.507 e. The van der Waals surface area contributed by atoms with Crippen molar-refractivity contribution in [3.8, 4) is 5.75 Å². The lowest BCUT2D eigenvalue weighted by molar-refractivity contribution is 0.102. The van der Waals surface area contributed by atoms with Gasteiger partial charge < -0.3 is 16.2 Å². The molecule has 0 aliphatic heterocycles. The van der Waals surface area contributed by atoms with Crippen molar-refractivity contribution in [1.29, 1.82) is 0 Å². The number of rotatable bonds is 2. The maximum Gasteiger partial charge on any atom is 0.256 e. The van der Waals surface area contributed by atoms with Crippen LogP contribution in [-0.4, -0.2) is 11.0 Å². The Morgan fingerprint density at radius 2 is 1.95 bits per heavy atom. The van der Waals surface area contributed by atoms with E-state index in [0.717, 1.165) is 5.56 Å². The highest BCUT2D eigenvalue weighted by Crippen LogP contribution is 2.29. The first-order chi connectivity index (χ1) is 9.40. The van der Waals surface area contributed by atoms with Gasteiger partial charge in [-0.25, -0.2) is 0 Å². The molecule has 2 aromatic rings. The van der Waals surface area contributed by atoms with E-state index in [4.69, 9.17) is 5.73 Å². The molecule has 0 saturated carbocycles. The van der Waals surface area contributed by atoms with Crippen molar-refractivity contribution in [2.24, 2.45) is 0 Å². The van der Waals surface area contributed by atoms with Crippen LogP contribution in [0.5, 0.6) is 5.75 Å². The Hall–Kier alpha value is -2.01. The predicted molar refractivity (Wildman–Crippen MR) is 84.1 cm³/mol. The average Bonchev–Trinajstić information content (AvgIpc) is 2.42. The Balaban J connectivity index is 2.33. The Labute approximate surface area is 125 Å². The van der Waals surface area contributed by atoms with Crippen LogP contribution in [0.25, 0.3) is 0 Å². The molecule has 0 saturated heterocycles. The van der Waals surface area contributed by atoms with Crippen molar-refractivity contribution >= 4 is 33.2 Å². The predicted octanol–water partition coefficient (Wildman–Crippen LogP) is 3.61. The summed E-state index contributed by atoms with van der Waals surface area (Å²) >= 11 is 3.32. The fraction of sp³-hybridized carbons (Fsp3) is 0.133. The van der Waals surface area contributed by atoms with Crippen molar-refractivity contribution in [3.05, 3.63) is 51.5 Å². The summed E-state index contributed by atoms with van der Waals surface area (Å²) in [6.45, 7) is 3.56. The van der Waals surface area contributed by atoms with Gasteiger partial charge in [0.1, 0.15) is 5.75 Å². The molecule has 0 heterocycles. The van der Waals surface area contributed by atoms with E-state index in [2.05, 4.69) is 21.2 Å². The van der Waals surface area contributed by atoms with Crippen molar-refractivity contribution in [2.75, 3.05) is 11.1 Å². The Morgan fingerprint density at radius 3 is 2.65 bits per heavy atom. The molecule has 0 bridgehead atoms. The number of carbonyl (C=O) groups excluding carboxylic acids is 1. The number of benzene rings is 2. The third-order valence-corrected chi connectivity index (χ3v) is 3.81. The first-order valence-electron chi connectivity index (χ1n) is 6.05. The second-order valence-corrected chi connectivity index (χ2v) is 5.45. The second-order valence-electron chi connectivity index (χ2n) is 4.60. The highest BCUT2D eigenvalue weighted by atomic mass is 79.9. The molecule has 1 amide bonds. The summed E-state index contributed by atoms with van der Waals surface area (Å²) in [4.78, 5) is 12.3. The third kappa shape index (κ3) is 2.77. The first-order valence-corrected chi connectivity index (χ1v) is 6.85. The zero-order valence-corrected chi connectivity index (χ0v) is 12.8. The molecule has 2 aromatic carbocycles. The van der Waals surface area contributed by atoms with Crippen LogP contribution in [0.4, 0.5) is 11.4 Å². The molecule has 0 spiro atoms. The number of nitrogens with one attached hydrogen (secondary N) is 1. The molecule has 0 aliphatic rings. The summed E-state index contributed by atoms with van der Waals surface area (Å²) in [5.41, 5.74) is 8.64. The standard InChI is InChI=1S/C15H15BrN2O2/c1-8-3-6-13(9(2)14(8)19)18-15(20)11-7-10(17)4-5-12(11)16/h3-7,19H,17H2,1-2H3,(H,18,20). The van der Waals surface area contributed by atoms with Crippen LogP contribution in [0.1, 0.15) is 21.5 Å². The van der Waals surface area contributed by atoms with Gasteiger partial charge in [0.05, 0.1) is 5.56 Å². The molecular formula is C15H15BrN2O2. The maximum absolute atomic E-state index is 12.3. The van der Waals surface area contributed by atoms with E-state index in [-0.39, 0.29) is 11.7 Å². The van der Waals surface area contributed by atoms with E-state index < -0.39 is 0 Å². The van der Waals surface area contributed by atoms with Gasteiger partial charge in [-0.05, 0) is 59.6 Å². The van der Waals surface area contributed by atoms with E-state index in [1.165, 1.54) is 0 Å². The molecule has 2 rings (SSSR count). The summed E-state index contributed by atoms with van der Waals surface area (Å²) in [7, 11) is 0. The van der Waals surface area contributed by atoms with Gasteiger partial charge in [-0.3, -0.25) is 4.79 Å². The van der Waals surface area contributed by atoms with E-state index in [0.29, 0.717) is 27.0 Å². The molecule has 0 aromatic heterocycles. The Bertz CT molecular complexity index is 684. The number of amides is 1. The number of nitrogen functional groups attached to an aromatic ring is 1. The van der Waals surface area contributed by atoms with Gasteiger partial charge in [-0.2, -0.15) is 0 Å². The molecule has 4 N–H and O–H groups in total. The number of aromatic hydroxyl groups is 1. The molecule has 5 heteroatoms. The lowest BCUT2D eigenvalue weighted by atomic mass is 10.1. The number of aryl methyl sites for hydroxylation is 1. The van der Waals surface area contributed by atoms with Crippen molar-refractivity contribution < 1.29 is 9.90 Å². The van der Waals surface area contributed by atoms with Crippen LogP contribution in [0.15, 0.2) is 34.8 Å². The van der Waals surface area contributed by atoms with Gasteiger partial charge in [0.25, 0.3) is 5.91 Å². The van der Waals surface area contributed by atoms with Gasteiger partial charge in [0, 0.05) is 21.4 Å². The summed E-state index contributed by atoms with van der Waals surface area (Å²) in [5, 5.41) is 12.7. The minimum atomic E-state index is -0.282. The third-order valence-electron chi connectivity index (χ3n) is 3.12. The zero-order chi connectivity index (χ0) is 14.9. The van der Waals surface area contributed by atoms with Gasteiger partial charge >= 0.3 is 0 Å². The molecule has 4 nitrogen and oxygen atoms in total.